The van der Waals surface area contributed by atoms with Crippen LogP contribution in [0, 0.1) is 0 Å². The van der Waals surface area contributed by atoms with Crippen molar-refractivity contribution in [3.05, 3.63) is 0 Å². The highest BCUT2D eigenvalue weighted by Gasteiger charge is 1.90. The molecular formula is C8H16Cl2S2. The van der Waals surface area contributed by atoms with Gasteiger partial charge in [0, 0.05) is 23.3 Å². The predicted octanol–water partition coefficient (Wildman–Crippen LogP) is 3.71. The van der Waals surface area contributed by atoms with E-state index in [9.17, 15) is 0 Å². The van der Waals surface area contributed by atoms with Crippen molar-refractivity contribution in [2.75, 3.05) is 34.8 Å². The van der Waals surface area contributed by atoms with Crippen molar-refractivity contribution in [3.63, 3.8) is 0 Å². The van der Waals surface area contributed by atoms with E-state index in [0.717, 1.165) is 24.6 Å². The van der Waals surface area contributed by atoms with Crippen LogP contribution >= 0.6 is 46.7 Å². The van der Waals surface area contributed by atoms with Crippen LogP contribution in [0.15, 0.2) is 0 Å². The summed E-state index contributed by atoms with van der Waals surface area (Å²) in [7, 11) is 0. The Morgan fingerprint density at radius 2 is 1.08 bits per heavy atom. The van der Waals surface area contributed by atoms with Crippen LogP contribution in [0.3, 0.4) is 0 Å². The molecule has 12 heavy (non-hydrogen) atoms. The number of thioether (sulfide) groups is 2. The first-order valence-corrected chi connectivity index (χ1v) is 7.57. The first kappa shape index (κ1) is 13.3. The van der Waals surface area contributed by atoms with E-state index in [1.807, 2.05) is 23.5 Å². The predicted molar refractivity (Wildman–Crippen MR) is 65.3 cm³/mol. The second-order valence-electron chi connectivity index (χ2n) is 2.31. The van der Waals surface area contributed by atoms with Gasteiger partial charge in [0.1, 0.15) is 0 Å². The third-order valence-corrected chi connectivity index (χ3v) is 4.15. The normalized spacial score (nSPS) is 10.5. The average Bonchev–Trinajstić information content (AvgIpc) is 2.10. The molecule has 0 aliphatic rings. The minimum absolute atomic E-state index is 0.798. The molecule has 4 heteroatoms. The molecule has 0 unspecified atom stereocenters. The third-order valence-electron chi connectivity index (χ3n) is 1.22. The zero-order valence-corrected chi connectivity index (χ0v) is 10.4. The number of hydrogen-bond donors (Lipinski definition) is 0. The van der Waals surface area contributed by atoms with Gasteiger partial charge in [-0.3, -0.25) is 0 Å². The molecule has 0 aromatic carbocycles. The van der Waals surface area contributed by atoms with Gasteiger partial charge in [0.05, 0.1) is 0 Å². The standard InChI is InChI=1S/C8H16Cl2S2/c9-3-1-5-11-7-8-12-6-2-4-10/h1-8H2. The maximum Gasteiger partial charge on any atom is 0.0231 e. The first-order chi connectivity index (χ1) is 5.91. The van der Waals surface area contributed by atoms with Crippen LogP contribution in [0.25, 0.3) is 0 Å². The number of alkyl halides is 2. The van der Waals surface area contributed by atoms with Gasteiger partial charge in [-0.25, -0.2) is 0 Å². The second-order valence-corrected chi connectivity index (χ2v) is 5.52. The Labute approximate surface area is 94.1 Å². The van der Waals surface area contributed by atoms with Gasteiger partial charge in [-0.2, -0.15) is 23.5 Å². The summed E-state index contributed by atoms with van der Waals surface area (Å²) < 4.78 is 0. The fraction of sp³-hybridized carbons (Fsp3) is 1.00. The topological polar surface area (TPSA) is 0 Å². The second kappa shape index (κ2) is 12.3. The third kappa shape index (κ3) is 11.3. The minimum Gasteiger partial charge on any atom is -0.161 e. The molecule has 0 heterocycles. The number of rotatable bonds is 9. The summed E-state index contributed by atoms with van der Waals surface area (Å²) in [5.41, 5.74) is 0. The Bertz CT molecular complexity index is 71.5. The summed E-state index contributed by atoms with van der Waals surface area (Å²) in [6.45, 7) is 0. The Kier molecular flexibility index (Phi) is 13.6. The minimum atomic E-state index is 0.798. The summed E-state index contributed by atoms with van der Waals surface area (Å²) in [6.07, 6.45) is 2.27. The van der Waals surface area contributed by atoms with Gasteiger partial charge in [0.15, 0.2) is 0 Å². The van der Waals surface area contributed by atoms with Gasteiger partial charge in [0.2, 0.25) is 0 Å². The molecule has 0 rings (SSSR count). The molecule has 0 saturated carbocycles. The molecule has 0 bridgehead atoms. The quantitative estimate of drug-likeness (QED) is 0.450. The van der Waals surface area contributed by atoms with E-state index in [-0.39, 0.29) is 0 Å². The maximum atomic E-state index is 5.55. The van der Waals surface area contributed by atoms with E-state index in [2.05, 4.69) is 0 Å². The van der Waals surface area contributed by atoms with Gasteiger partial charge in [-0.15, -0.1) is 23.2 Å². The van der Waals surface area contributed by atoms with E-state index in [0.29, 0.717) is 0 Å². The first-order valence-electron chi connectivity index (χ1n) is 4.19. The zero-order chi connectivity index (χ0) is 9.07. The fourth-order valence-electron chi connectivity index (χ4n) is 0.635. The highest BCUT2D eigenvalue weighted by molar-refractivity contribution is 8.02. The Morgan fingerprint density at radius 1 is 0.667 bits per heavy atom. The number of halogens is 2. The van der Waals surface area contributed by atoms with Crippen molar-refractivity contribution in [3.8, 4) is 0 Å². The highest BCUT2D eigenvalue weighted by atomic mass is 35.5. The molecule has 0 aromatic heterocycles. The van der Waals surface area contributed by atoms with Crippen molar-refractivity contribution >= 4 is 46.7 Å². The molecule has 0 aromatic rings. The van der Waals surface area contributed by atoms with Crippen molar-refractivity contribution in [1.29, 1.82) is 0 Å². The molecule has 0 spiro atoms. The molecule has 0 aliphatic carbocycles. The van der Waals surface area contributed by atoms with Crippen LogP contribution in [-0.4, -0.2) is 34.8 Å². The van der Waals surface area contributed by atoms with Gasteiger partial charge in [-0.05, 0) is 24.3 Å². The molecule has 0 fully saturated rings. The van der Waals surface area contributed by atoms with Crippen LogP contribution < -0.4 is 0 Å². The lowest BCUT2D eigenvalue weighted by Gasteiger charge is -1.99. The molecule has 0 saturated heterocycles. The number of hydrogen-bond acceptors (Lipinski definition) is 2. The summed E-state index contributed by atoms with van der Waals surface area (Å²) in [4.78, 5) is 0. The highest BCUT2D eigenvalue weighted by Crippen LogP contribution is 2.09. The lowest BCUT2D eigenvalue weighted by Crippen LogP contribution is -1.90. The summed E-state index contributed by atoms with van der Waals surface area (Å²) in [5.74, 6) is 6.52. The van der Waals surface area contributed by atoms with Gasteiger partial charge in [0.25, 0.3) is 0 Å². The van der Waals surface area contributed by atoms with E-state index in [1.54, 1.807) is 0 Å². The lowest BCUT2D eigenvalue weighted by molar-refractivity contribution is 1.11. The Hall–Kier alpha value is 1.28. The zero-order valence-electron chi connectivity index (χ0n) is 7.23. The molecule has 0 radical (unpaired) electrons. The summed E-state index contributed by atoms with van der Waals surface area (Å²) in [5, 5.41) is 0. The molecule has 0 aliphatic heterocycles. The van der Waals surface area contributed by atoms with Crippen LogP contribution in [0.2, 0.25) is 0 Å². The molecule has 0 nitrogen and oxygen atoms in total. The molecular weight excluding hydrogens is 231 g/mol. The van der Waals surface area contributed by atoms with Crippen LogP contribution in [-0.2, 0) is 0 Å². The Morgan fingerprint density at radius 3 is 1.42 bits per heavy atom. The van der Waals surface area contributed by atoms with Gasteiger partial charge < -0.3 is 0 Å². The SMILES string of the molecule is ClCCCSCCSCCCCl. The van der Waals surface area contributed by atoms with Crippen LogP contribution in [0.1, 0.15) is 12.8 Å². The largest absolute Gasteiger partial charge is 0.161 e. The molecule has 0 N–H and O–H groups in total. The fourth-order valence-corrected chi connectivity index (χ4v) is 3.27. The summed E-state index contributed by atoms with van der Waals surface area (Å²) >= 11 is 15.1. The van der Waals surface area contributed by atoms with Crippen molar-refractivity contribution in [2.24, 2.45) is 0 Å². The van der Waals surface area contributed by atoms with Crippen molar-refractivity contribution < 1.29 is 0 Å². The smallest absolute Gasteiger partial charge is 0.0231 e. The Balaban J connectivity index is 2.73. The van der Waals surface area contributed by atoms with E-state index < -0.39 is 0 Å². The van der Waals surface area contributed by atoms with E-state index in [1.165, 1.54) is 23.0 Å². The molecule has 0 amide bonds. The molecule has 0 atom stereocenters. The van der Waals surface area contributed by atoms with Gasteiger partial charge in [-0.1, -0.05) is 0 Å². The van der Waals surface area contributed by atoms with E-state index >= 15 is 0 Å². The summed E-state index contributed by atoms with van der Waals surface area (Å²) in [6, 6.07) is 0. The van der Waals surface area contributed by atoms with E-state index in [4.69, 9.17) is 23.2 Å². The lowest BCUT2D eigenvalue weighted by atomic mass is 10.6. The van der Waals surface area contributed by atoms with Crippen LogP contribution in [0.5, 0.6) is 0 Å². The van der Waals surface area contributed by atoms with Crippen molar-refractivity contribution in [2.45, 2.75) is 12.8 Å². The average molecular weight is 247 g/mol. The van der Waals surface area contributed by atoms with Crippen LogP contribution in [0.4, 0.5) is 0 Å². The monoisotopic (exact) mass is 246 g/mol. The van der Waals surface area contributed by atoms with Gasteiger partial charge >= 0.3 is 0 Å². The molecule has 74 valence electrons. The van der Waals surface area contributed by atoms with Crippen molar-refractivity contribution in [1.82, 2.24) is 0 Å². The maximum absolute atomic E-state index is 5.55.